The number of hydrogen-bond donors (Lipinski definition) is 0. The molecule has 1 aliphatic heterocycles. The van der Waals surface area contributed by atoms with E-state index in [1.54, 1.807) is 0 Å². The fourth-order valence-corrected chi connectivity index (χ4v) is 2.34. The van der Waals surface area contributed by atoms with Crippen molar-refractivity contribution >= 4 is 28.5 Å². The maximum atomic E-state index is 5.94. The number of halogens is 1. The third-order valence-corrected chi connectivity index (χ3v) is 3.52. The maximum Gasteiger partial charge on any atom is 0.147 e. The van der Waals surface area contributed by atoms with Gasteiger partial charge in [0.05, 0.1) is 17.2 Å². The van der Waals surface area contributed by atoms with Gasteiger partial charge in [-0.2, -0.15) is 0 Å². The van der Waals surface area contributed by atoms with Crippen molar-refractivity contribution < 1.29 is 0 Å². The summed E-state index contributed by atoms with van der Waals surface area (Å²) in [5.41, 5.74) is 3.06. The Labute approximate surface area is 111 Å². The smallest absolute Gasteiger partial charge is 0.147 e. The Kier molecular flexibility index (Phi) is 2.92. The number of hydrogen-bond acceptors (Lipinski definition) is 3. The van der Waals surface area contributed by atoms with Gasteiger partial charge in [0, 0.05) is 18.1 Å². The van der Waals surface area contributed by atoms with Crippen LogP contribution in [0.1, 0.15) is 12.8 Å². The molecule has 0 N–H and O–H groups in total. The maximum absolute atomic E-state index is 5.94. The standard InChI is InChI=1S/C14H14ClN3/c1-10-4-6-18(7-5-10)14-9-16-13-8-11(15)2-3-12(13)17-14/h2-3,8-9H,1,4-7H2. The molecule has 0 amide bonds. The first-order valence-electron chi connectivity index (χ1n) is 6.06. The van der Waals surface area contributed by atoms with Crippen LogP contribution in [0.15, 0.2) is 36.5 Å². The second kappa shape index (κ2) is 4.58. The molecule has 1 aromatic carbocycles. The molecule has 1 saturated heterocycles. The summed E-state index contributed by atoms with van der Waals surface area (Å²) in [6, 6.07) is 5.60. The van der Waals surface area contributed by atoms with Crippen LogP contribution in [0, 0.1) is 0 Å². The SMILES string of the molecule is C=C1CCN(c2cnc3cc(Cl)ccc3n2)CC1. The predicted molar refractivity (Wildman–Crippen MR) is 75.1 cm³/mol. The molecule has 0 saturated carbocycles. The quantitative estimate of drug-likeness (QED) is 0.735. The number of aromatic nitrogens is 2. The van der Waals surface area contributed by atoms with Crippen LogP contribution in [0.4, 0.5) is 5.82 Å². The number of anilines is 1. The van der Waals surface area contributed by atoms with Crippen molar-refractivity contribution in [2.75, 3.05) is 18.0 Å². The molecule has 2 heterocycles. The number of nitrogens with zero attached hydrogens (tertiary/aromatic N) is 3. The number of piperidine rings is 1. The van der Waals surface area contributed by atoms with E-state index in [0.29, 0.717) is 5.02 Å². The van der Waals surface area contributed by atoms with Gasteiger partial charge in [0.1, 0.15) is 5.82 Å². The van der Waals surface area contributed by atoms with Gasteiger partial charge in [-0.3, -0.25) is 4.98 Å². The molecule has 0 bridgehead atoms. The van der Waals surface area contributed by atoms with Crippen molar-refractivity contribution in [3.8, 4) is 0 Å². The lowest BCUT2D eigenvalue weighted by atomic mass is 10.1. The molecule has 1 fully saturated rings. The molecule has 0 spiro atoms. The third kappa shape index (κ3) is 2.18. The fourth-order valence-electron chi connectivity index (χ4n) is 2.18. The van der Waals surface area contributed by atoms with Gasteiger partial charge in [0.2, 0.25) is 0 Å². The number of benzene rings is 1. The van der Waals surface area contributed by atoms with Gasteiger partial charge < -0.3 is 4.90 Å². The molecule has 2 aromatic rings. The highest BCUT2D eigenvalue weighted by molar-refractivity contribution is 6.31. The Hall–Kier alpha value is -1.61. The van der Waals surface area contributed by atoms with Crippen LogP contribution < -0.4 is 4.90 Å². The van der Waals surface area contributed by atoms with Crippen LogP contribution in [-0.4, -0.2) is 23.1 Å². The first-order chi connectivity index (χ1) is 8.72. The van der Waals surface area contributed by atoms with E-state index in [4.69, 9.17) is 11.6 Å². The van der Waals surface area contributed by atoms with Crippen LogP contribution >= 0.6 is 11.6 Å². The molecule has 0 aliphatic carbocycles. The second-order valence-electron chi connectivity index (χ2n) is 4.60. The van der Waals surface area contributed by atoms with E-state index >= 15 is 0 Å². The second-order valence-corrected chi connectivity index (χ2v) is 5.03. The Morgan fingerprint density at radius 3 is 2.72 bits per heavy atom. The zero-order valence-corrected chi connectivity index (χ0v) is 10.8. The zero-order valence-electron chi connectivity index (χ0n) is 10.1. The summed E-state index contributed by atoms with van der Waals surface area (Å²) in [5, 5.41) is 0.693. The van der Waals surface area contributed by atoms with Crippen LogP contribution in [-0.2, 0) is 0 Å². The molecule has 3 nitrogen and oxygen atoms in total. The highest BCUT2D eigenvalue weighted by atomic mass is 35.5. The van der Waals surface area contributed by atoms with E-state index in [2.05, 4.69) is 21.4 Å². The molecule has 0 unspecified atom stereocenters. The molecule has 1 aromatic heterocycles. The van der Waals surface area contributed by atoms with Crippen molar-refractivity contribution in [1.29, 1.82) is 0 Å². The summed E-state index contributed by atoms with van der Waals surface area (Å²) in [4.78, 5) is 11.3. The summed E-state index contributed by atoms with van der Waals surface area (Å²) < 4.78 is 0. The molecular formula is C14H14ClN3. The van der Waals surface area contributed by atoms with Gasteiger partial charge in [0.15, 0.2) is 0 Å². The molecule has 92 valence electrons. The van der Waals surface area contributed by atoms with Gasteiger partial charge in [0.25, 0.3) is 0 Å². The molecule has 0 radical (unpaired) electrons. The van der Waals surface area contributed by atoms with Crippen LogP contribution in [0.2, 0.25) is 5.02 Å². The minimum absolute atomic E-state index is 0.693. The average molecular weight is 260 g/mol. The Morgan fingerprint density at radius 2 is 1.94 bits per heavy atom. The molecule has 18 heavy (non-hydrogen) atoms. The van der Waals surface area contributed by atoms with Crippen molar-refractivity contribution in [2.45, 2.75) is 12.8 Å². The lowest BCUT2D eigenvalue weighted by Gasteiger charge is -2.28. The predicted octanol–water partition coefficient (Wildman–Crippen LogP) is 3.44. The van der Waals surface area contributed by atoms with Crippen LogP contribution in [0.3, 0.4) is 0 Å². The summed E-state index contributed by atoms with van der Waals surface area (Å²) in [7, 11) is 0. The highest BCUT2D eigenvalue weighted by Gasteiger charge is 2.14. The van der Waals surface area contributed by atoms with Crippen LogP contribution in [0.25, 0.3) is 11.0 Å². The molecule has 3 rings (SSSR count). The van der Waals surface area contributed by atoms with Gasteiger partial charge in [-0.05, 0) is 31.0 Å². The zero-order chi connectivity index (χ0) is 12.5. The van der Waals surface area contributed by atoms with E-state index in [9.17, 15) is 0 Å². The third-order valence-electron chi connectivity index (χ3n) is 3.29. The first kappa shape index (κ1) is 11.5. The van der Waals surface area contributed by atoms with E-state index in [0.717, 1.165) is 42.8 Å². The normalized spacial score (nSPS) is 16.3. The van der Waals surface area contributed by atoms with E-state index in [1.807, 2.05) is 24.4 Å². The summed E-state index contributed by atoms with van der Waals surface area (Å²) in [6.07, 6.45) is 3.91. The van der Waals surface area contributed by atoms with Crippen molar-refractivity contribution in [3.63, 3.8) is 0 Å². The lowest BCUT2D eigenvalue weighted by molar-refractivity contribution is 0.679. The molecule has 4 heteroatoms. The van der Waals surface area contributed by atoms with Gasteiger partial charge in [-0.25, -0.2) is 4.98 Å². The molecule has 1 aliphatic rings. The molecule has 0 atom stereocenters. The Bertz CT molecular complexity index is 599. The minimum atomic E-state index is 0.693. The van der Waals surface area contributed by atoms with E-state index < -0.39 is 0 Å². The van der Waals surface area contributed by atoms with Crippen molar-refractivity contribution in [2.24, 2.45) is 0 Å². The van der Waals surface area contributed by atoms with Crippen molar-refractivity contribution in [1.82, 2.24) is 9.97 Å². The number of fused-ring (bicyclic) bond motifs is 1. The van der Waals surface area contributed by atoms with Gasteiger partial charge in [-0.1, -0.05) is 23.8 Å². The van der Waals surface area contributed by atoms with E-state index in [-0.39, 0.29) is 0 Å². The van der Waals surface area contributed by atoms with Gasteiger partial charge >= 0.3 is 0 Å². The minimum Gasteiger partial charge on any atom is -0.355 e. The summed E-state index contributed by atoms with van der Waals surface area (Å²) in [6.45, 7) is 5.98. The largest absolute Gasteiger partial charge is 0.355 e. The fraction of sp³-hybridized carbons (Fsp3) is 0.286. The van der Waals surface area contributed by atoms with E-state index in [1.165, 1.54) is 5.57 Å². The highest BCUT2D eigenvalue weighted by Crippen LogP contribution is 2.22. The lowest BCUT2D eigenvalue weighted by Crippen LogP contribution is -2.31. The Balaban J connectivity index is 1.93. The first-order valence-corrected chi connectivity index (χ1v) is 6.44. The van der Waals surface area contributed by atoms with Crippen molar-refractivity contribution in [3.05, 3.63) is 41.6 Å². The summed E-state index contributed by atoms with van der Waals surface area (Å²) in [5.74, 6) is 0.942. The topological polar surface area (TPSA) is 29.0 Å². The molecular weight excluding hydrogens is 246 g/mol. The number of rotatable bonds is 1. The Morgan fingerprint density at radius 1 is 1.17 bits per heavy atom. The van der Waals surface area contributed by atoms with Crippen LogP contribution in [0.5, 0.6) is 0 Å². The average Bonchev–Trinajstić information content (AvgIpc) is 2.39. The monoisotopic (exact) mass is 259 g/mol. The van der Waals surface area contributed by atoms with Gasteiger partial charge in [-0.15, -0.1) is 0 Å². The summed E-state index contributed by atoms with van der Waals surface area (Å²) >= 11 is 5.94.